The Morgan fingerprint density at radius 2 is 1.80 bits per heavy atom. The van der Waals surface area contributed by atoms with Crippen molar-refractivity contribution in [2.75, 3.05) is 6.61 Å². The summed E-state index contributed by atoms with van der Waals surface area (Å²) >= 11 is 0. The highest BCUT2D eigenvalue weighted by atomic mass is 19.4. The van der Waals surface area contributed by atoms with Gasteiger partial charge in [0, 0.05) is 6.42 Å². The number of halogens is 6. The van der Waals surface area contributed by atoms with Gasteiger partial charge in [-0.2, -0.15) is 26.3 Å². The van der Waals surface area contributed by atoms with E-state index in [0.29, 0.717) is 0 Å². The van der Waals surface area contributed by atoms with Crippen molar-refractivity contribution >= 4 is 5.91 Å². The van der Waals surface area contributed by atoms with Gasteiger partial charge in [0.25, 0.3) is 0 Å². The number of alkyl halides is 6. The summed E-state index contributed by atoms with van der Waals surface area (Å²) in [4.78, 5) is 11.6. The average molecular weight is 309 g/mol. The third kappa shape index (κ3) is 3.17. The lowest BCUT2D eigenvalue weighted by Crippen LogP contribution is -2.69. The first-order valence-electron chi connectivity index (χ1n) is 5.49. The Morgan fingerprint density at radius 1 is 1.30 bits per heavy atom. The summed E-state index contributed by atoms with van der Waals surface area (Å²) in [6.45, 7) is 1.84. The topological polar surface area (TPSA) is 58.6 Å². The SMILES string of the molecule is CC1(C)COC(CC(O)C(F)(F)F)(C(F)(F)F)NC1=O. The number of rotatable bonds is 2. The second-order valence-electron chi connectivity index (χ2n) is 5.21. The maximum Gasteiger partial charge on any atom is 0.436 e. The molecule has 2 N–H and O–H groups in total. The summed E-state index contributed by atoms with van der Waals surface area (Å²) in [5.41, 5.74) is -4.85. The summed E-state index contributed by atoms with van der Waals surface area (Å²) in [6, 6.07) is 0. The highest BCUT2D eigenvalue weighted by Crippen LogP contribution is 2.42. The van der Waals surface area contributed by atoms with Crippen molar-refractivity contribution in [2.45, 2.75) is 44.4 Å². The molecule has 0 saturated carbocycles. The van der Waals surface area contributed by atoms with Gasteiger partial charge in [-0.15, -0.1) is 0 Å². The van der Waals surface area contributed by atoms with Gasteiger partial charge in [0.15, 0.2) is 6.10 Å². The van der Waals surface area contributed by atoms with Crippen LogP contribution in [0.15, 0.2) is 0 Å². The van der Waals surface area contributed by atoms with E-state index in [9.17, 15) is 31.1 Å². The van der Waals surface area contributed by atoms with Gasteiger partial charge in [0.05, 0.1) is 12.0 Å². The smallest absolute Gasteiger partial charge is 0.383 e. The van der Waals surface area contributed by atoms with E-state index in [2.05, 4.69) is 4.74 Å². The predicted octanol–water partition coefficient (Wildman–Crippen LogP) is 1.73. The molecule has 0 spiro atoms. The maximum absolute atomic E-state index is 13.0. The molecular formula is C10H13F6NO3. The van der Waals surface area contributed by atoms with Gasteiger partial charge in [-0.05, 0) is 13.8 Å². The van der Waals surface area contributed by atoms with Crippen LogP contribution in [0.5, 0.6) is 0 Å². The number of aliphatic hydroxyl groups is 1. The second-order valence-corrected chi connectivity index (χ2v) is 5.21. The quantitative estimate of drug-likeness (QED) is 0.764. The van der Waals surface area contributed by atoms with Crippen molar-refractivity contribution in [1.29, 1.82) is 0 Å². The molecular weight excluding hydrogens is 296 g/mol. The fourth-order valence-electron chi connectivity index (χ4n) is 1.52. The van der Waals surface area contributed by atoms with Gasteiger partial charge in [0.2, 0.25) is 11.6 Å². The largest absolute Gasteiger partial charge is 0.436 e. The van der Waals surface area contributed by atoms with E-state index in [1.807, 2.05) is 0 Å². The maximum atomic E-state index is 13.0. The molecule has 1 fully saturated rings. The van der Waals surface area contributed by atoms with Crippen LogP contribution >= 0.6 is 0 Å². The zero-order valence-corrected chi connectivity index (χ0v) is 10.5. The second kappa shape index (κ2) is 4.76. The number of hydrogen-bond acceptors (Lipinski definition) is 3. The van der Waals surface area contributed by atoms with Gasteiger partial charge in [-0.25, -0.2) is 0 Å². The molecule has 10 heteroatoms. The van der Waals surface area contributed by atoms with Crippen LogP contribution in [0.4, 0.5) is 26.3 Å². The van der Waals surface area contributed by atoms with E-state index in [-0.39, 0.29) is 0 Å². The molecule has 1 aliphatic rings. The summed E-state index contributed by atoms with van der Waals surface area (Å²) in [5.74, 6) is -1.10. The highest BCUT2D eigenvalue weighted by Gasteiger charge is 2.63. The van der Waals surface area contributed by atoms with Crippen molar-refractivity contribution in [2.24, 2.45) is 5.41 Å². The number of hydrogen-bond donors (Lipinski definition) is 2. The summed E-state index contributed by atoms with van der Waals surface area (Å²) in [5, 5.41) is 10.2. The Morgan fingerprint density at radius 3 is 2.15 bits per heavy atom. The van der Waals surface area contributed by atoms with Crippen LogP contribution in [0.25, 0.3) is 0 Å². The van der Waals surface area contributed by atoms with E-state index in [1.54, 1.807) is 0 Å². The van der Waals surface area contributed by atoms with Gasteiger partial charge in [0.1, 0.15) is 0 Å². The van der Waals surface area contributed by atoms with Crippen LogP contribution in [-0.2, 0) is 9.53 Å². The zero-order valence-electron chi connectivity index (χ0n) is 10.5. The minimum absolute atomic E-state index is 0.719. The lowest BCUT2D eigenvalue weighted by molar-refractivity contribution is -0.323. The summed E-state index contributed by atoms with van der Waals surface area (Å²) in [6.07, 6.45) is -15.7. The first-order chi connectivity index (χ1) is 8.71. The first kappa shape index (κ1) is 17.0. The van der Waals surface area contributed by atoms with E-state index in [1.165, 1.54) is 19.2 Å². The monoisotopic (exact) mass is 309 g/mol. The fourth-order valence-corrected chi connectivity index (χ4v) is 1.52. The first-order valence-corrected chi connectivity index (χ1v) is 5.49. The van der Waals surface area contributed by atoms with Crippen LogP contribution in [0.3, 0.4) is 0 Å². The van der Waals surface area contributed by atoms with Crippen LogP contribution in [0, 0.1) is 5.41 Å². The molecule has 0 aromatic carbocycles. The van der Waals surface area contributed by atoms with Crippen LogP contribution in [-0.4, -0.2) is 41.8 Å². The number of aliphatic hydroxyl groups excluding tert-OH is 1. The standard InChI is InChI=1S/C10H13F6NO3/c1-7(2)4-20-8(10(14,15)16,17-6(7)19)3-5(18)9(11,12)13/h5,18H,3-4H2,1-2H3,(H,17,19). The Hall–Kier alpha value is -1.03. The molecule has 1 saturated heterocycles. The molecule has 2 atom stereocenters. The van der Waals surface area contributed by atoms with E-state index in [4.69, 9.17) is 5.11 Å². The van der Waals surface area contributed by atoms with Crippen molar-refractivity contribution in [3.8, 4) is 0 Å². The average Bonchev–Trinajstić information content (AvgIpc) is 2.21. The zero-order chi connectivity index (χ0) is 16.0. The van der Waals surface area contributed by atoms with E-state index >= 15 is 0 Å². The minimum atomic E-state index is -5.30. The molecule has 0 aromatic heterocycles. The van der Waals surface area contributed by atoms with Gasteiger partial charge in [-0.1, -0.05) is 0 Å². The summed E-state index contributed by atoms with van der Waals surface area (Å²) < 4.78 is 80.0. The molecule has 1 aliphatic heterocycles. The third-order valence-electron chi connectivity index (χ3n) is 2.93. The van der Waals surface area contributed by atoms with Crippen LogP contribution in [0.2, 0.25) is 0 Å². The fraction of sp³-hybridized carbons (Fsp3) is 0.900. The van der Waals surface area contributed by atoms with Crippen molar-refractivity contribution in [3.63, 3.8) is 0 Å². The molecule has 20 heavy (non-hydrogen) atoms. The number of carbonyl (C=O) groups excluding carboxylic acids is 1. The van der Waals surface area contributed by atoms with Gasteiger partial charge < -0.3 is 15.2 Å². The molecule has 118 valence electrons. The normalized spacial score (nSPS) is 28.9. The Bertz CT molecular complexity index is 391. The van der Waals surface area contributed by atoms with Crippen molar-refractivity contribution in [1.82, 2.24) is 5.32 Å². The Kier molecular flexibility index (Phi) is 4.05. The summed E-state index contributed by atoms with van der Waals surface area (Å²) in [7, 11) is 0. The molecule has 1 rings (SSSR count). The van der Waals surface area contributed by atoms with Gasteiger partial charge >= 0.3 is 12.4 Å². The molecule has 0 aromatic rings. The lowest BCUT2D eigenvalue weighted by atomic mass is 9.89. The predicted molar refractivity (Wildman–Crippen MR) is 53.3 cm³/mol. The Balaban J connectivity index is 3.06. The number of amides is 1. The Labute approximate surface area is 110 Å². The number of carbonyl (C=O) groups is 1. The minimum Gasteiger partial charge on any atom is -0.383 e. The van der Waals surface area contributed by atoms with Crippen LogP contribution < -0.4 is 5.32 Å². The van der Waals surface area contributed by atoms with Crippen molar-refractivity contribution in [3.05, 3.63) is 0 Å². The number of nitrogens with one attached hydrogen (secondary N) is 1. The molecule has 1 heterocycles. The number of ether oxygens (including phenoxy) is 1. The molecule has 4 nitrogen and oxygen atoms in total. The van der Waals surface area contributed by atoms with Crippen molar-refractivity contribution < 1.29 is 41.0 Å². The highest BCUT2D eigenvalue weighted by molar-refractivity contribution is 5.83. The van der Waals surface area contributed by atoms with Crippen LogP contribution in [0.1, 0.15) is 20.3 Å². The molecule has 1 amide bonds. The van der Waals surface area contributed by atoms with E-state index in [0.717, 1.165) is 0 Å². The van der Waals surface area contributed by atoms with Gasteiger partial charge in [-0.3, -0.25) is 4.79 Å². The van der Waals surface area contributed by atoms with E-state index < -0.39 is 48.5 Å². The lowest BCUT2D eigenvalue weighted by Gasteiger charge is -2.45. The molecule has 0 radical (unpaired) electrons. The molecule has 0 bridgehead atoms. The third-order valence-corrected chi connectivity index (χ3v) is 2.93. The molecule has 0 aliphatic carbocycles. The molecule has 2 unspecified atom stereocenters.